The van der Waals surface area contributed by atoms with Gasteiger partial charge in [-0.1, -0.05) is 35.2 Å². The summed E-state index contributed by atoms with van der Waals surface area (Å²) in [4.78, 5) is 25.0. The maximum atomic E-state index is 12.5. The average molecular weight is 458 g/mol. The van der Waals surface area contributed by atoms with Gasteiger partial charge in [-0.3, -0.25) is 9.59 Å². The summed E-state index contributed by atoms with van der Waals surface area (Å²) in [5, 5.41) is 17.3. The third-order valence-corrected chi connectivity index (χ3v) is 6.22. The van der Waals surface area contributed by atoms with Gasteiger partial charge in [-0.2, -0.15) is 0 Å². The van der Waals surface area contributed by atoms with E-state index in [0.29, 0.717) is 22.7 Å². The first-order valence-corrected chi connectivity index (χ1v) is 11.3. The van der Waals surface area contributed by atoms with Crippen LogP contribution in [-0.2, 0) is 4.79 Å². The maximum absolute atomic E-state index is 12.5. The van der Waals surface area contributed by atoms with E-state index in [9.17, 15) is 9.59 Å². The van der Waals surface area contributed by atoms with Crippen molar-refractivity contribution in [3.05, 3.63) is 54.1 Å². The number of nitrogens with zero attached hydrogens (tertiary/aromatic N) is 2. The number of amides is 2. The van der Waals surface area contributed by atoms with Crippen molar-refractivity contribution in [1.82, 2.24) is 10.2 Å². The molecule has 8 nitrogen and oxygen atoms in total. The molecule has 3 aromatic rings. The molecular weight excluding hydrogens is 434 g/mol. The molecular formula is C21H23N5O3S2. The molecule has 0 aliphatic heterocycles. The number of benzene rings is 2. The third-order valence-electron chi connectivity index (χ3n) is 4.15. The van der Waals surface area contributed by atoms with Crippen LogP contribution in [-0.4, -0.2) is 40.9 Å². The van der Waals surface area contributed by atoms with Crippen LogP contribution in [0.1, 0.15) is 24.2 Å². The number of carbonyl (C=O) groups excluding carboxylic acids is 2. The molecule has 1 unspecified atom stereocenters. The fourth-order valence-electron chi connectivity index (χ4n) is 2.58. The summed E-state index contributed by atoms with van der Waals surface area (Å²) in [5.41, 5.74) is 1.67. The van der Waals surface area contributed by atoms with E-state index in [4.69, 9.17) is 4.74 Å². The molecule has 0 saturated heterocycles. The molecule has 0 aliphatic rings. The topological polar surface area (TPSA) is 105 Å². The minimum absolute atomic E-state index is 0.156. The number of thioether (sulfide) groups is 1. The van der Waals surface area contributed by atoms with E-state index in [1.54, 1.807) is 43.5 Å². The van der Waals surface area contributed by atoms with Gasteiger partial charge in [-0.15, -0.1) is 10.2 Å². The summed E-state index contributed by atoms with van der Waals surface area (Å²) in [6, 6.07) is 13.9. The van der Waals surface area contributed by atoms with E-state index >= 15 is 0 Å². The lowest BCUT2D eigenvalue weighted by molar-refractivity contribution is -0.115. The van der Waals surface area contributed by atoms with Crippen LogP contribution in [0.4, 0.5) is 16.5 Å². The maximum Gasteiger partial charge on any atom is 0.255 e. The molecule has 162 valence electrons. The quantitative estimate of drug-likeness (QED) is 0.410. The van der Waals surface area contributed by atoms with Crippen LogP contribution in [0.25, 0.3) is 0 Å². The van der Waals surface area contributed by atoms with Crippen molar-refractivity contribution in [2.75, 3.05) is 29.6 Å². The number of hydrogen-bond acceptors (Lipinski definition) is 8. The molecule has 3 N–H and O–H groups in total. The lowest BCUT2D eigenvalue weighted by Gasteiger charge is -2.12. The molecule has 2 amide bonds. The Morgan fingerprint density at radius 3 is 2.55 bits per heavy atom. The predicted octanol–water partition coefficient (Wildman–Crippen LogP) is 4.35. The molecule has 10 heteroatoms. The first-order chi connectivity index (χ1) is 15.0. The zero-order valence-corrected chi connectivity index (χ0v) is 19.0. The van der Waals surface area contributed by atoms with Crippen molar-refractivity contribution in [1.29, 1.82) is 0 Å². The second-order valence-corrected chi connectivity index (χ2v) is 8.95. The lowest BCUT2D eigenvalue weighted by atomic mass is 10.2. The molecule has 0 radical (unpaired) electrons. The van der Waals surface area contributed by atoms with Gasteiger partial charge in [0, 0.05) is 17.8 Å². The summed E-state index contributed by atoms with van der Waals surface area (Å²) < 4.78 is 5.97. The highest BCUT2D eigenvalue weighted by Crippen LogP contribution is 2.29. The first kappa shape index (κ1) is 22.6. The molecule has 3 rings (SSSR count). The smallest absolute Gasteiger partial charge is 0.255 e. The molecule has 1 heterocycles. The predicted molar refractivity (Wildman–Crippen MR) is 125 cm³/mol. The Hall–Kier alpha value is -3.11. The molecule has 1 aromatic heterocycles. The summed E-state index contributed by atoms with van der Waals surface area (Å²) in [7, 11) is 1.55. The van der Waals surface area contributed by atoms with E-state index in [-0.39, 0.29) is 17.1 Å². The standard InChI is InChI=1S/C21H23N5O3S2/c1-4-22-20-25-26-21(31-20)30-13(2)18(27)23-15-11-9-14(10-12-15)19(28)24-16-7-5-6-8-17(16)29-3/h5-13H,4H2,1-3H3,(H,22,25)(H,23,27)(H,24,28). The molecule has 0 fully saturated rings. The van der Waals surface area contributed by atoms with Crippen molar-refractivity contribution >= 4 is 51.4 Å². The highest BCUT2D eigenvalue weighted by Gasteiger charge is 2.18. The van der Waals surface area contributed by atoms with Gasteiger partial charge < -0.3 is 20.7 Å². The molecule has 2 aromatic carbocycles. The number of rotatable bonds is 9. The fourth-order valence-corrected chi connectivity index (χ4v) is 4.54. The summed E-state index contributed by atoms with van der Waals surface area (Å²) in [5.74, 6) is 0.162. The van der Waals surface area contributed by atoms with Crippen LogP contribution in [0.5, 0.6) is 5.75 Å². The summed E-state index contributed by atoms with van der Waals surface area (Å²) in [6.07, 6.45) is 0. The van der Waals surface area contributed by atoms with Crippen LogP contribution in [0.15, 0.2) is 52.9 Å². The average Bonchev–Trinajstić information content (AvgIpc) is 3.21. The minimum atomic E-state index is -0.351. The van der Waals surface area contributed by atoms with Crippen molar-refractivity contribution in [3.63, 3.8) is 0 Å². The van der Waals surface area contributed by atoms with Gasteiger partial charge in [0.2, 0.25) is 11.0 Å². The Kier molecular flexibility index (Phi) is 7.85. The zero-order chi connectivity index (χ0) is 22.2. The van der Waals surface area contributed by atoms with Crippen LogP contribution >= 0.6 is 23.1 Å². The van der Waals surface area contributed by atoms with Crippen molar-refractivity contribution in [2.24, 2.45) is 0 Å². The van der Waals surface area contributed by atoms with Gasteiger partial charge in [0.05, 0.1) is 18.0 Å². The second kappa shape index (κ2) is 10.8. The normalized spacial score (nSPS) is 11.5. The molecule has 0 aliphatic carbocycles. The molecule has 0 saturated carbocycles. The largest absolute Gasteiger partial charge is 0.495 e. The first-order valence-electron chi connectivity index (χ1n) is 9.59. The number of methoxy groups -OCH3 is 1. The van der Waals surface area contributed by atoms with Crippen LogP contribution < -0.4 is 20.7 Å². The van der Waals surface area contributed by atoms with Crippen molar-refractivity contribution < 1.29 is 14.3 Å². The number of aromatic nitrogens is 2. The monoisotopic (exact) mass is 457 g/mol. The van der Waals surface area contributed by atoms with Crippen LogP contribution in [0.3, 0.4) is 0 Å². The molecule has 0 bridgehead atoms. The number of ether oxygens (including phenoxy) is 1. The highest BCUT2D eigenvalue weighted by molar-refractivity contribution is 8.02. The number of hydrogen-bond donors (Lipinski definition) is 3. The number of carbonyl (C=O) groups is 2. The Morgan fingerprint density at radius 2 is 1.84 bits per heavy atom. The zero-order valence-electron chi connectivity index (χ0n) is 17.3. The van der Waals surface area contributed by atoms with Gasteiger partial charge in [-0.05, 0) is 50.2 Å². The highest BCUT2D eigenvalue weighted by atomic mass is 32.2. The van der Waals surface area contributed by atoms with Gasteiger partial charge >= 0.3 is 0 Å². The Morgan fingerprint density at radius 1 is 1.10 bits per heavy atom. The van der Waals surface area contributed by atoms with Gasteiger partial charge in [0.1, 0.15) is 5.75 Å². The lowest BCUT2D eigenvalue weighted by Crippen LogP contribution is -2.22. The Balaban J connectivity index is 1.56. The minimum Gasteiger partial charge on any atom is -0.495 e. The molecule has 1 atom stereocenters. The molecule has 0 spiro atoms. The van der Waals surface area contributed by atoms with Crippen molar-refractivity contribution in [2.45, 2.75) is 23.4 Å². The number of para-hydroxylation sites is 2. The summed E-state index contributed by atoms with van der Waals surface area (Å²) in [6.45, 7) is 4.56. The molecule has 31 heavy (non-hydrogen) atoms. The van der Waals surface area contributed by atoms with Gasteiger partial charge in [0.15, 0.2) is 4.34 Å². The number of anilines is 3. The van der Waals surface area contributed by atoms with E-state index in [0.717, 1.165) is 16.0 Å². The fraction of sp³-hybridized carbons (Fsp3) is 0.238. The summed E-state index contributed by atoms with van der Waals surface area (Å²) >= 11 is 2.76. The SMILES string of the molecule is CCNc1nnc(SC(C)C(=O)Nc2ccc(C(=O)Nc3ccccc3OC)cc2)s1. The van der Waals surface area contributed by atoms with Gasteiger partial charge in [-0.25, -0.2) is 0 Å². The van der Waals surface area contributed by atoms with Gasteiger partial charge in [0.25, 0.3) is 5.91 Å². The van der Waals surface area contributed by atoms with Crippen LogP contribution in [0, 0.1) is 0 Å². The Bertz CT molecular complexity index is 1040. The van der Waals surface area contributed by atoms with E-state index in [1.165, 1.54) is 23.1 Å². The second-order valence-electron chi connectivity index (χ2n) is 6.38. The Labute approximate surface area is 188 Å². The number of nitrogens with one attached hydrogen (secondary N) is 3. The van der Waals surface area contributed by atoms with E-state index in [2.05, 4.69) is 26.1 Å². The van der Waals surface area contributed by atoms with Crippen molar-refractivity contribution in [3.8, 4) is 5.75 Å². The third kappa shape index (κ3) is 6.19. The van der Waals surface area contributed by atoms with E-state index < -0.39 is 0 Å². The van der Waals surface area contributed by atoms with Crippen LogP contribution in [0.2, 0.25) is 0 Å². The van der Waals surface area contributed by atoms with E-state index in [1.807, 2.05) is 26.0 Å².